The fourth-order valence-corrected chi connectivity index (χ4v) is 4.85. The fourth-order valence-electron chi connectivity index (χ4n) is 4.85. The van der Waals surface area contributed by atoms with Crippen molar-refractivity contribution in [2.45, 2.75) is 44.9 Å². The maximum atomic E-state index is 13.5. The average molecular weight is 349 g/mol. The van der Waals surface area contributed by atoms with Gasteiger partial charge in [-0.2, -0.15) is 0 Å². The van der Waals surface area contributed by atoms with Crippen LogP contribution in [-0.4, -0.2) is 17.4 Å². The second-order valence-corrected chi connectivity index (χ2v) is 7.45. The van der Waals surface area contributed by atoms with Gasteiger partial charge >= 0.3 is 0 Å². The summed E-state index contributed by atoms with van der Waals surface area (Å²) in [5, 5.41) is 0. The zero-order valence-electron chi connectivity index (χ0n) is 15.6. The predicted molar refractivity (Wildman–Crippen MR) is 102 cm³/mol. The van der Waals surface area contributed by atoms with Gasteiger partial charge in [-0.1, -0.05) is 74.5 Å². The number of ether oxygens (including phenoxy) is 1. The first-order valence-corrected chi connectivity index (χ1v) is 9.80. The molecule has 2 heterocycles. The minimum atomic E-state index is -0.640. The average Bonchev–Trinajstić information content (AvgIpc) is 3.12. The van der Waals surface area contributed by atoms with Crippen LogP contribution in [0.4, 0.5) is 0 Å². The van der Waals surface area contributed by atoms with Crippen LogP contribution in [0.1, 0.15) is 50.3 Å². The predicted octanol–water partition coefficient (Wildman–Crippen LogP) is 4.90. The third-order valence-corrected chi connectivity index (χ3v) is 6.20. The highest BCUT2D eigenvalue weighted by molar-refractivity contribution is 5.81. The third-order valence-electron chi connectivity index (χ3n) is 6.20. The second kappa shape index (κ2) is 6.88. The molecule has 0 spiro atoms. The molecule has 3 heteroatoms. The first-order valence-electron chi connectivity index (χ1n) is 9.80. The fraction of sp³-hybridized carbons (Fsp3) is 0.435. The molecule has 2 aliphatic rings. The van der Waals surface area contributed by atoms with Gasteiger partial charge in [-0.25, -0.2) is 0 Å². The van der Waals surface area contributed by atoms with Crippen molar-refractivity contribution in [1.29, 1.82) is 0 Å². The zero-order valence-corrected chi connectivity index (χ0v) is 15.6. The molecule has 2 aliphatic heterocycles. The molecule has 0 aromatic heterocycles. The molecule has 3 nitrogen and oxygen atoms in total. The minimum absolute atomic E-state index is 0.0210. The van der Waals surface area contributed by atoms with Gasteiger partial charge in [0.05, 0.1) is 12.6 Å². The molecule has 0 bridgehead atoms. The van der Waals surface area contributed by atoms with Crippen molar-refractivity contribution in [2.75, 3.05) is 6.61 Å². The Morgan fingerprint density at radius 3 is 2.27 bits per heavy atom. The Kier molecular flexibility index (Phi) is 4.58. The highest BCUT2D eigenvalue weighted by Crippen LogP contribution is 2.54. The zero-order chi connectivity index (χ0) is 18.1. The Labute approximate surface area is 156 Å². The van der Waals surface area contributed by atoms with Crippen LogP contribution in [0, 0.1) is 11.8 Å². The SMILES string of the molecule is CC[C@H]1C[C@@H](CC)[C@]2(c3ccccc3)OC[C@@H](c3ccccc3)N2C1=O. The number of hydrogen-bond acceptors (Lipinski definition) is 2. The standard InChI is InChI=1S/C23H27NO2/c1-3-17-15-19(4-2)23(20-13-9-6-10-14-20)24(22(17)25)21(16-26-23)18-11-7-5-8-12-18/h5-14,17,19,21H,3-4,15-16H2,1-2H3/t17-,19+,21-,23+/m0/s1. The molecule has 4 atom stereocenters. The first kappa shape index (κ1) is 17.3. The Hall–Kier alpha value is -2.13. The van der Waals surface area contributed by atoms with E-state index < -0.39 is 5.72 Å². The van der Waals surface area contributed by atoms with E-state index in [1.165, 1.54) is 0 Å². The summed E-state index contributed by atoms with van der Waals surface area (Å²) in [6.45, 7) is 4.89. The molecule has 26 heavy (non-hydrogen) atoms. The van der Waals surface area contributed by atoms with Crippen molar-refractivity contribution in [2.24, 2.45) is 11.8 Å². The molecule has 0 N–H and O–H groups in total. The molecule has 1 amide bonds. The van der Waals surface area contributed by atoms with E-state index >= 15 is 0 Å². The molecular weight excluding hydrogens is 322 g/mol. The van der Waals surface area contributed by atoms with E-state index in [1.54, 1.807) is 0 Å². The van der Waals surface area contributed by atoms with E-state index in [0.717, 1.165) is 30.4 Å². The van der Waals surface area contributed by atoms with Crippen molar-refractivity contribution < 1.29 is 9.53 Å². The minimum Gasteiger partial charge on any atom is -0.348 e. The molecular formula is C23H27NO2. The van der Waals surface area contributed by atoms with Crippen molar-refractivity contribution in [1.82, 2.24) is 4.90 Å². The number of hydrogen-bond donors (Lipinski definition) is 0. The second-order valence-electron chi connectivity index (χ2n) is 7.45. The Morgan fingerprint density at radius 1 is 1.00 bits per heavy atom. The topological polar surface area (TPSA) is 29.5 Å². The van der Waals surface area contributed by atoms with Gasteiger partial charge in [0.1, 0.15) is 0 Å². The highest BCUT2D eigenvalue weighted by Gasteiger charge is 2.59. The van der Waals surface area contributed by atoms with Crippen molar-refractivity contribution in [3.8, 4) is 0 Å². The highest BCUT2D eigenvalue weighted by atomic mass is 16.5. The molecule has 0 aliphatic carbocycles. The van der Waals surface area contributed by atoms with Crippen LogP contribution in [0.5, 0.6) is 0 Å². The molecule has 2 saturated heterocycles. The van der Waals surface area contributed by atoms with Crippen molar-refractivity contribution in [3.63, 3.8) is 0 Å². The number of nitrogens with zero attached hydrogens (tertiary/aromatic N) is 1. The molecule has 2 aromatic carbocycles. The Bertz CT molecular complexity index is 760. The number of carbonyl (C=O) groups is 1. The van der Waals surface area contributed by atoms with Gasteiger partial charge in [0.15, 0.2) is 5.72 Å². The lowest BCUT2D eigenvalue weighted by Crippen LogP contribution is -2.57. The summed E-state index contributed by atoms with van der Waals surface area (Å²) in [5.41, 5.74) is 1.62. The number of rotatable bonds is 4. The molecule has 4 rings (SSSR count). The smallest absolute Gasteiger partial charge is 0.228 e. The number of amides is 1. The number of piperidine rings is 1. The summed E-state index contributed by atoms with van der Waals surface area (Å²) in [6.07, 6.45) is 2.79. The van der Waals surface area contributed by atoms with E-state index in [2.05, 4.69) is 43.0 Å². The van der Waals surface area contributed by atoms with Crippen LogP contribution in [0.15, 0.2) is 60.7 Å². The molecule has 2 aromatic rings. The van der Waals surface area contributed by atoms with Gasteiger partial charge in [-0.15, -0.1) is 0 Å². The lowest BCUT2D eigenvalue weighted by atomic mass is 9.74. The van der Waals surface area contributed by atoms with Crippen LogP contribution in [0.2, 0.25) is 0 Å². The molecule has 0 saturated carbocycles. The number of carbonyl (C=O) groups excluding carboxylic acids is 1. The van der Waals surface area contributed by atoms with E-state index in [-0.39, 0.29) is 17.9 Å². The normalized spacial score (nSPS) is 31.1. The van der Waals surface area contributed by atoms with E-state index in [1.807, 2.05) is 36.4 Å². The quantitative estimate of drug-likeness (QED) is 0.786. The summed E-state index contributed by atoms with van der Waals surface area (Å²) in [6, 6.07) is 20.6. The van der Waals surface area contributed by atoms with Crippen LogP contribution >= 0.6 is 0 Å². The lowest BCUT2D eigenvalue weighted by molar-refractivity contribution is -0.189. The molecule has 0 radical (unpaired) electrons. The van der Waals surface area contributed by atoms with Crippen LogP contribution in [0.25, 0.3) is 0 Å². The van der Waals surface area contributed by atoms with Crippen LogP contribution in [-0.2, 0) is 15.3 Å². The summed E-state index contributed by atoms with van der Waals surface area (Å²) in [5.74, 6) is 0.637. The first-order chi connectivity index (χ1) is 12.7. The lowest BCUT2D eigenvalue weighted by Gasteiger charge is -2.50. The molecule has 2 fully saturated rings. The van der Waals surface area contributed by atoms with Gasteiger partial charge in [-0.05, 0) is 24.8 Å². The summed E-state index contributed by atoms with van der Waals surface area (Å²) >= 11 is 0. The number of fused-ring (bicyclic) bond motifs is 1. The molecule has 136 valence electrons. The summed E-state index contributed by atoms with van der Waals surface area (Å²) in [4.78, 5) is 15.6. The van der Waals surface area contributed by atoms with Crippen LogP contribution in [0.3, 0.4) is 0 Å². The van der Waals surface area contributed by atoms with Crippen molar-refractivity contribution in [3.05, 3.63) is 71.8 Å². The van der Waals surface area contributed by atoms with Gasteiger partial charge in [0.25, 0.3) is 0 Å². The summed E-state index contributed by atoms with van der Waals surface area (Å²) < 4.78 is 6.57. The van der Waals surface area contributed by atoms with Crippen molar-refractivity contribution >= 4 is 5.91 Å². The van der Waals surface area contributed by atoms with E-state index in [4.69, 9.17) is 4.74 Å². The van der Waals surface area contributed by atoms with Gasteiger partial charge < -0.3 is 9.64 Å². The van der Waals surface area contributed by atoms with E-state index in [0.29, 0.717) is 12.5 Å². The van der Waals surface area contributed by atoms with Crippen LogP contribution < -0.4 is 0 Å². The maximum Gasteiger partial charge on any atom is 0.228 e. The van der Waals surface area contributed by atoms with Gasteiger partial charge in [-0.3, -0.25) is 4.79 Å². The monoisotopic (exact) mass is 349 g/mol. The van der Waals surface area contributed by atoms with Gasteiger partial charge in [0, 0.05) is 17.4 Å². The van der Waals surface area contributed by atoms with E-state index in [9.17, 15) is 4.79 Å². The number of benzene rings is 2. The molecule has 0 unspecified atom stereocenters. The Balaban J connectivity index is 1.87. The Morgan fingerprint density at radius 2 is 1.65 bits per heavy atom. The maximum absolute atomic E-state index is 13.5. The third kappa shape index (κ3) is 2.49. The van der Waals surface area contributed by atoms with Gasteiger partial charge in [0.2, 0.25) is 5.91 Å². The largest absolute Gasteiger partial charge is 0.348 e. The summed E-state index contributed by atoms with van der Waals surface area (Å²) in [7, 11) is 0.